The van der Waals surface area contributed by atoms with Gasteiger partial charge in [-0.05, 0) is 16.5 Å². The second-order valence-electron chi connectivity index (χ2n) is 5.66. The van der Waals surface area contributed by atoms with Gasteiger partial charge in [-0.3, -0.25) is 4.68 Å². The first-order valence-corrected chi connectivity index (χ1v) is 6.17. The zero-order chi connectivity index (χ0) is 14.2. The van der Waals surface area contributed by atoms with E-state index in [1.165, 1.54) is 10.2 Å². The van der Waals surface area contributed by atoms with Crippen LogP contribution in [-0.2, 0) is 12.5 Å². The molecule has 0 saturated carbocycles. The Labute approximate surface area is 112 Å². The van der Waals surface area contributed by atoms with Crippen LogP contribution in [0.4, 0.5) is 0 Å². The van der Waals surface area contributed by atoms with Gasteiger partial charge in [-0.15, -0.1) is 0 Å². The van der Waals surface area contributed by atoms with Gasteiger partial charge >= 0.3 is 5.97 Å². The molecule has 1 N–H and O–H groups in total. The Hall–Kier alpha value is -2.10. The molecule has 0 aliphatic carbocycles. The third-order valence-electron chi connectivity index (χ3n) is 3.20. The summed E-state index contributed by atoms with van der Waals surface area (Å²) in [4.78, 5) is 11.2. The van der Waals surface area contributed by atoms with Crippen LogP contribution in [0.5, 0.6) is 0 Å². The Morgan fingerprint density at radius 2 is 1.79 bits per heavy atom. The summed E-state index contributed by atoms with van der Waals surface area (Å²) < 4.78 is 1.38. The summed E-state index contributed by atoms with van der Waals surface area (Å²) in [5, 5.41) is 13.2. The second-order valence-corrected chi connectivity index (χ2v) is 5.66. The minimum atomic E-state index is -0.963. The van der Waals surface area contributed by atoms with Crippen LogP contribution in [0.2, 0.25) is 0 Å². The van der Waals surface area contributed by atoms with Crippen LogP contribution in [-0.4, -0.2) is 20.9 Å². The lowest BCUT2D eigenvalue weighted by Crippen LogP contribution is -2.10. The number of aromatic nitrogens is 2. The minimum absolute atomic E-state index is 0.0864. The predicted octanol–water partition coefficient (Wildman–Crippen LogP) is 3.08. The molecule has 4 heteroatoms. The molecular weight excluding hydrogens is 240 g/mol. The zero-order valence-electron chi connectivity index (χ0n) is 11.6. The minimum Gasteiger partial charge on any atom is -0.477 e. The van der Waals surface area contributed by atoms with E-state index in [0.29, 0.717) is 5.56 Å². The molecule has 0 atom stereocenters. The van der Waals surface area contributed by atoms with E-state index in [1.54, 1.807) is 13.2 Å². The molecule has 0 bridgehead atoms. The normalized spacial score (nSPS) is 11.6. The van der Waals surface area contributed by atoms with E-state index in [1.807, 2.05) is 24.3 Å². The predicted molar refractivity (Wildman–Crippen MR) is 74.3 cm³/mol. The van der Waals surface area contributed by atoms with Crippen molar-refractivity contribution in [2.75, 3.05) is 0 Å². The average Bonchev–Trinajstić information content (AvgIpc) is 2.70. The van der Waals surface area contributed by atoms with Crippen LogP contribution < -0.4 is 0 Å². The smallest absolute Gasteiger partial charge is 0.354 e. The molecule has 0 aliphatic rings. The lowest BCUT2D eigenvalue weighted by molar-refractivity contribution is 0.0686. The standard InChI is InChI=1S/C15H18N2O2/c1-15(2,3)11-7-5-10(6-8-11)12-9-16-17(4)13(12)14(18)19/h5-9H,1-4H3,(H,18,19). The lowest BCUT2D eigenvalue weighted by atomic mass is 9.86. The van der Waals surface area contributed by atoms with E-state index in [4.69, 9.17) is 0 Å². The first-order chi connectivity index (χ1) is 8.80. The highest BCUT2D eigenvalue weighted by Gasteiger charge is 2.18. The van der Waals surface area contributed by atoms with Gasteiger partial charge in [0.25, 0.3) is 0 Å². The van der Waals surface area contributed by atoms with Crippen LogP contribution in [0.3, 0.4) is 0 Å². The van der Waals surface area contributed by atoms with Gasteiger partial charge in [-0.1, -0.05) is 45.0 Å². The maximum atomic E-state index is 11.2. The first kappa shape index (κ1) is 13.3. The van der Waals surface area contributed by atoms with Crippen molar-refractivity contribution in [1.82, 2.24) is 9.78 Å². The average molecular weight is 258 g/mol. The largest absolute Gasteiger partial charge is 0.477 e. The van der Waals surface area contributed by atoms with E-state index in [2.05, 4.69) is 25.9 Å². The van der Waals surface area contributed by atoms with Crippen LogP contribution in [0.1, 0.15) is 36.8 Å². The van der Waals surface area contributed by atoms with Gasteiger partial charge in [0.05, 0.1) is 6.20 Å². The molecule has 2 aromatic rings. The van der Waals surface area contributed by atoms with Gasteiger partial charge in [0.1, 0.15) is 0 Å². The van der Waals surface area contributed by atoms with Crippen molar-refractivity contribution in [3.63, 3.8) is 0 Å². The van der Waals surface area contributed by atoms with Crippen molar-refractivity contribution in [3.05, 3.63) is 41.7 Å². The Bertz CT molecular complexity index is 604. The maximum absolute atomic E-state index is 11.2. The van der Waals surface area contributed by atoms with Gasteiger partial charge in [0.2, 0.25) is 0 Å². The quantitative estimate of drug-likeness (QED) is 0.900. The third kappa shape index (κ3) is 2.52. The van der Waals surface area contributed by atoms with E-state index < -0.39 is 5.97 Å². The van der Waals surface area contributed by atoms with E-state index >= 15 is 0 Å². The molecule has 1 aromatic heterocycles. The fraction of sp³-hybridized carbons (Fsp3) is 0.333. The molecule has 0 spiro atoms. The molecular formula is C15H18N2O2. The number of nitrogens with zero attached hydrogens (tertiary/aromatic N) is 2. The molecule has 0 aliphatic heterocycles. The second kappa shape index (κ2) is 4.53. The summed E-state index contributed by atoms with van der Waals surface area (Å²) >= 11 is 0. The number of hydrogen-bond donors (Lipinski definition) is 1. The van der Waals surface area contributed by atoms with Crippen molar-refractivity contribution in [2.45, 2.75) is 26.2 Å². The van der Waals surface area contributed by atoms with E-state index in [0.717, 1.165) is 5.56 Å². The van der Waals surface area contributed by atoms with Gasteiger partial charge in [0, 0.05) is 12.6 Å². The summed E-state index contributed by atoms with van der Waals surface area (Å²) in [6.07, 6.45) is 1.59. The molecule has 0 amide bonds. The highest BCUT2D eigenvalue weighted by atomic mass is 16.4. The first-order valence-electron chi connectivity index (χ1n) is 6.17. The Kier molecular flexibility index (Phi) is 3.18. The number of carboxylic acid groups (broad SMARTS) is 1. The molecule has 0 fully saturated rings. The molecule has 19 heavy (non-hydrogen) atoms. The topological polar surface area (TPSA) is 55.1 Å². The fourth-order valence-corrected chi connectivity index (χ4v) is 2.05. The number of aryl methyl sites for hydroxylation is 1. The number of carboxylic acids is 1. The molecule has 0 saturated heterocycles. The lowest BCUT2D eigenvalue weighted by Gasteiger charge is -2.19. The molecule has 0 radical (unpaired) electrons. The number of hydrogen-bond acceptors (Lipinski definition) is 2. The van der Waals surface area contributed by atoms with Crippen LogP contribution in [0, 0.1) is 0 Å². The Morgan fingerprint density at radius 1 is 1.21 bits per heavy atom. The molecule has 4 nitrogen and oxygen atoms in total. The van der Waals surface area contributed by atoms with Gasteiger partial charge in [-0.25, -0.2) is 4.79 Å². The third-order valence-corrected chi connectivity index (χ3v) is 3.20. The fourth-order valence-electron chi connectivity index (χ4n) is 2.05. The summed E-state index contributed by atoms with van der Waals surface area (Å²) in [5.74, 6) is -0.963. The Morgan fingerprint density at radius 3 is 2.26 bits per heavy atom. The van der Waals surface area contributed by atoms with Crippen molar-refractivity contribution < 1.29 is 9.90 Å². The van der Waals surface area contributed by atoms with Crippen LogP contribution in [0.15, 0.2) is 30.5 Å². The molecule has 0 unspecified atom stereocenters. The number of aromatic carboxylic acids is 1. The molecule has 100 valence electrons. The highest BCUT2D eigenvalue weighted by molar-refractivity contribution is 5.94. The monoisotopic (exact) mass is 258 g/mol. The van der Waals surface area contributed by atoms with Gasteiger partial charge in [-0.2, -0.15) is 5.10 Å². The zero-order valence-corrected chi connectivity index (χ0v) is 11.6. The number of benzene rings is 1. The number of carbonyl (C=O) groups is 1. The van der Waals surface area contributed by atoms with Crippen LogP contribution >= 0.6 is 0 Å². The maximum Gasteiger partial charge on any atom is 0.354 e. The summed E-state index contributed by atoms with van der Waals surface area (Å²) in [6.45, 7) is 6.44. The summed E-state index contributed by atoms with van der Waals surface area (Å²) in [6, 6.07) is 7.97. The van der Waals surface area contributed by atoms with E-state index in [9.17, 15) is 9.90 Å². The van der Waals surface area contributed by atoms with Crippen molar-refractivity contribution >= 4 is 5.97 Å². The van der Waals surface area contributed by atoms with Crippen molar-refractivity contribution in [1.29, 1.82) is 0 Å². The number of rotatable bonds is 2. The van der Waals surface area contributed by atoms with E-state index in [-0.39, 0.29) is 11.1 Å². The highest BCUT2D eigenvalue weighted by Crippen LogP contribution is 2.27. The van der Waals surface area contributed by atoms with Crippen molar-refractivity contribution in [2.24, 2.45) is 7.05 Å². The molecule has 1 aromatic carbocycles. The molecule has 2 rings (SSSR count). The van der Waals surface area contributed by atoms with Crippen molar-refractivity contribution in [3.8, 4) is 11.1 Å². The molecule has 1 heterocycles. The van der Waals surface area contributed by atoms with Gasteiger partial charge in [0.15, 0.2) is 5.69 Å². The Balaban J connectivity index is 2.46. The summed E-state index contributed by atoms with van der Waals surface area (Å²) in [5.41, 5.74) is 3.04. The summed E-state index contributed by atoms with van der Waals surface area (Å²) in [7, 11) is 1.64. The SMILES string of the molecule is Cn1ncc(-c2ccc(C(C)(C)C)cc2)c1C(=O)O. The van der Waals surface area contributed by atoms with Gasteiger partial charge < -0.3 is 5.11 Å². The van der Waals surface area contributed by atoms with Crippen LogP contribution in [0.25, 0.3) is 11.1 Å².